The van der Waals surface area contributed by atoms with Gasteiger partial charge in [-0.1, -0.05) is 37.1 Å². The molecule has 3 N–H and O–H groups in total. The van der Waals surface area contributed by atoms with Crippen LogP contribution in [0.15, 0.2) is 59.1 Å². The Kier molecular flexibility index (Phi) is 8.74. The van der Waals surface area contributed by atoms with E-state index in [0.717, 1.165) is 41.2 Å². The van der Waals surface area contributed by atoms with Crippen molar-refractivity contribution in [1.82, 2.24) is 5.32 Å². The molecule has 0 bridgehead atoms. The third-order valence-corrected chi connectivity index (χ3v) is 4.66. The summed E-state index contributed by atoms with van der Waals surface area (Å²) in [7, 11) is 0. The molecule has 0 aliphatic heterocycles. The number of hydrogen-bond acceptors (Lipinski definition) is 4. The summed E-state index contributed by atoms with van der Waals surface area (Å²) in [5.74, 6) is -0.592. The van der Waals surface area contributed by atoms with Crippen molar-refractivity contribution < 1.29 is 14.3 Å². The van der Waals surface area contributed by atoms with Crippen LogP contribution in [-0.4, -0.2) is 23.3 Å². The predicted octanol–water partition coefficient (Wildman–Crippen LogP) is 5.64. The summed E-state index contributed by atoms with van der Waals surface area (Å²) in [6.45, 7) is 4.54. The first kappa shape index (κ1) is 22.5. The molecule has 6 heteroatoms. The summed E-state index contributed by atoms with van der Waals surface area (Å²) in [6, 6.07) is 7.51. The second-order valence-corrected chi connectivity index (χ2v) is 7.28. The molecule has 5 nitrogen and oxygen atoms in total. The van der Waals surface area contributed by atoms with E-state index in [4.69, 9.17) is 21.4 Å². The Hall–Kier alpha value is -2.79. The van der Waals surface area contributed by atoms with Gasteiger partial charge in [-0.2, -0.15) is 0 Å². The van der Waals surface area contributed by atoms with E-state index in [9.17, 15) is 9.90 Å². The fraction of sp³-hybridized carbons (Fsp3) is 0.304. The Morgan fingerprint density at radius 3 is 2.83 bits per heavy atom. The van der Waals surface area contributed by atoms with Crippen LogP contribution in [0.4, 0.5) is 0 Å². The van der Waals surface area contributed by atoms with Crippen molar-refractivity contribution in [2.24, 2.45) is 0 Å². The molecule has 0 atom stereocenters. The van der Waals surface area contributed by atoms with Crippen molar-refractivity contribution in [1.29, 1.82) is 5.41 Å². The molecule has 0 radical (unpaired) electrons. The fourth-order valence-electron chi connectivity index (χ4n) is 2.90. The van der Waals surface area contributed by atoms with E-state index in [-0.39, 0.29) is 17.9 Å². The number of nitrogens with one attached hydrogen (secondary N) is 2. The van der Waals surface area contributed by atoms with E-state index in [1.807, 2.05) is 25.1 Å². The molecule has 2 rings (SSSR count). The van der Waals surface area contributed by atoms with Gasteiger partial charge in [-0.15, -0.1) is 0 Å². The molecule has 1 heterocycles. The zero-order chi connectivity index (χ0) is 21.2. The Morgan fingerprint density at radius 2 is 2.14 bits per heavy atom. The second kappa shape index (κ2) is 11.3. The maximum atomic E-state index is 12.2. The zero-order valence-corrected chi connectivity index (χ0v) is 17.6. The average Bonchev–Trinajstić information content (AvgIpc) is 3.19. The number of furan rings is 1. The largest absolute Gasteiger partial charge is 0.512 e. The summed E-state index contributed by atoms with van der Waals surface area (Å²) < 4.78 is 4.94. The number of carbonyl (C=O) groups excluding carboxylic acids is 1. The first-order valence-electron chi connectivity index (χ1n) is 9.63. The Labute approximate surface area is 176 Å². The number of hydrogen-bond donors (Lipinski definition) is 3. The molecule has 154 valence electrons. The number of rotatable bonds is 10. The quantitative estimate of drug-likeness (QED) is 0.347. The van der Waals surface area contributed by atoms with Gasteiger partial charge in [-0.25, -0.2) is 0 Å². The van der Waals surface area contributed by atoms with Crippen molar-refractivity contribution in [2.45, 2.75) is 39.5 Å². The standard InChI is InChI=1S/C23H27ClN2O3/c1-3-4-5-18(21-13-19(24)7-6-16(21)2)8-10-26-23(28)22(25)14-20(27)12-17-9-11-29-15-17/h5-7,9,11,13-15,25,27H,3-4,8,10,12H2,1-2H3,(H,26,28)/b18-5-,20-14-,25-22?. The lowest BCUT2D eigenvalue weighted by molar-refractivity contribution is -0.114. The highest BCUT2D eigenvalue weighted by Crippen LogP contribution is 2.26. The number of halogens is 1. The molecule has 0 spiro atoms. The van der Waals surface area contributed by atoms with Crippen LogP contribution in [0.3, 0.4) is 0 Å². The number of amides is 1. The zero-order valence-electron chi connectivity index (χ0n) is 16.8. The van der Waals surface area contributed by atoms with Crippen LogP contribution >= 0.6 is 11.6 Å². The van der Waals surface area contributed by atoms with Gasteiger partial charge in [0.2, 0.25) is 0 Å². The monoisotopic (exact) mass is 414 g/mol. The van der Waals surface area contributed by atoms with E-state index in [0.29, 0.717) is 18.0 Å². The third-order valence-electron chi connectivity index (χ3n) is 4.43. The van der Waals surface area contributed by atoms with Crippen molar-refractivity contribution >= 4 is 28.8 Å². The number of carbonyl (C=O) groups is 1. The van der Waals surface area contributed by atoms with E-state index < -0.39 is 5.91 Å². The highest BCUT2D eigenvalue weighted by atomic mass is 35.5. The number of unbranched alkanes of at least 4 members (excludes halogenated alkanes) is 1. The second-order valence-electron chi connectivity index (χ2n) is 6.84. The number of aliphatic hydroxyl groups excluding tert-OH is 1. The Morgan fingerprint density at radius 1 is 1.34 bits per heavy atom. The van der Waals surface area contributed by atoms with E-state index in [1.54, 1.807) is 6.07 Å². The van der Waals surface area contributed by atoms with Gasteiger partial charge >= 0.3 is 0 Å². The predicted molar refractivity (Wildman–Crippen MR) is 118 cm³/mol. The van der Waals surface area contributed by atoms with Gasteiger partial charge in [-0.05, 0) is 60.2 Å². The molecule has 0 saturated heterocycles. The lowest BCUT2D eigenvalue weighted by Gasteiger charge is -2.13. The van der Waals surface area contributed by atoms with Crippen LogP contribution in [0.25, 0.3) is 5.57 Å². The van der Waals surface area contributed by atoms with Crippen molar-refractivity contribution in [3.05, 3.63) is 76.4 Å². The highest BCUT2D eigenvalue weighted by molar-refractivity contribution is 6.42. The minimum absolute atomic E-state index is 0.0652. The summed E-state index contributed by atoms with van der Waals surface area (Å²) in [5, 5.41) is 21.2. The lowest BCUT2D eigenvalue weighted by atomic mass is 9.96. The molecule has 29 heavy (non-hydrogen) atoms. The number of allylic oxidation sites excluding steroid dienone is 2. The molecule has 0 saturated carbocycles. The molecular weight excluding hydrogens is 388 g/mol. The van der Waals surface area contributed by atoms with E-state index >= 15 is 0 Å². The number of aryl methyl sites for hydroxylation is 1. The molecule has 2 aromatic rings. The molecule has 0 aliphatic carbocycles. The summed E-state index contributed by atoms with van der Waals surface area (Å²) in [5.41, 5.74) is 3.81. The van der Waals surface area contributed by atoms with E-state index in [1.165, 1.54) is 12.5 Å². The molecule has 1 aromatic carbocycles. The fourth-order valence-corrected chi connectivity index (χ4v) is 3.07. The molecule has 0 fully saturated rings. The minimum atomic E-state index is -0.526. The third kappa shape index (κ3) is 7.27. The van der Waals surface area contributed by atoms with Gasteiger partial charge in [0.1, 0.15) is 5.71 Å². The van der Waals surface area contributed by atoms with Crippen LogP contribution < -0.4 is 5.32 Å². The van der Waals surface area contributed by atoms with E-state index in [2.05, 4.69) is 18.3 Å². The van der Waals surface area contributed by atoms with Crippen LogP contribution in [0.5, 0.6) is 0 Å². The van der Waals surface area contributed by atoms with Gasteiger partial charge in [0.15, 0.2) is 0 Å². The normalized spacial score (nSPS) is 12.1. The van der Waals surface area contributed by atoms with Gasteiger partial charge in [0.25, 0.3) is 5.91 Å². The molecular formula is C23H27ClN2O3. The first-order valence-corrected chi connectivity index (χ1v) is 10.0. The minimum Gasteiger partial charge on any atom is -0.512 e. The van der Waals surface area contributed by atoms with Crippen molar-refractivity contribution in [3.63, 3.8) is 0 Å². The Balaban J connectivity index is 1.95. The summed E-state index contributed by atoms with van der Waals surface area (Å²) in [4.78, 5) is 12.2. The maximum absolute atomic E-state index is 12.2. The highest BCUT2D eigenvalue weighted by Gasteiger charge is 2.11. The molecule has 1 amide bonds. The summed E-state index contributed by atoms with van der Waals surface area (Å²) in [6.07, 6.45) is 9.16. The average molecular weight is 415 g/mol. The van der Waals surface area contributed by atoms with Gasteiger partial charge in [-0.3, -0.25) is 10.2 Å². The van der Waals surface area contributed by atoms with Gasteiger partial charge < -0.3 is 14.8 Å². The van der Waals surface area contributed by atoms with Crippen molar-refractivity contribution in [2.75, 3.05) is 6.54 Å². The topological polar surface area (TPSA) is 86.3 Å². The molecule has 0 unspecified atom stereocenters. The van der Waals surface area contributed by atoms with Crippen molar-refractivity contribution in [3.8, 4) is 0 Å². The SMILES string of the molecule is CCC/C=C(/CCNC(=O)C(=N)/C=C(\O)Cc1ccoc1)c1cc(Cl)ccc1C. The first-order chi connectivity index (χ1) is 13.9. The smallest absolute Gasteiger partial charge is 0.269 e. The Bertz CT molecular complexity index is 899. The summed E-state index contributed by atoms with van der Waals surface area (Å²) >= 11 is 6.16. The maximum Gasteiger partial charge on any atom is 0.269 e. The van der Waals surface area contributed by atoms with Gasteiger partial charge in [0, 0.05) is 24.1 Å². The number of aliphatic hydroxyl groups is 1. The van der Waals surface area contributed by atoms with Crippen LogP contribution in [0.2, 0.25) is 5.02 Å². The van der Waals surface area contributed by atoms with Gasteiger partial charge in [0.05, 0.1) is 18.3 Å². The van der Waals surface area contributed by atoms with Crippen LogP contribution in [0, 0.1) is 12.3 Å². The molecule has 0 aliphatic rings. The van der Waals surface area contributed by atoms with Crippen LogP contribution in [0.1, 0.15) is 42.9 Å². The van der Waals surface area contributed by atoms with Crippen LogP contribution in [-0.2, 0) is 11.2 Å². The lowest BCUT2D eigenvalue weighted by Crippen LogP contribution is -2.30. The number of benzene rings is 1. The molecule has 1 aromatic heterocycles.